The quantitative estimate of drug-likeness (QED) is 0.823. The molecule has 3 N–H and O–H groups in total. The molecule has 2 amide bonds. The van der Waals surface area contributed by atoms with Gasteiger partial charge in [-0.15, -0.1) is 11.3 Å². The molecule has 7 nitrogen and oxygen atoms in total. The first-order valence-corrected chi connectivity index (χ1v) is 10.7. The van der Waals surface area contributed by atoms with Crippen LogP contribution in [0.5, 0.6) is 0 Å². The molecule has 2 aliphatic heterocycles. The Morgan fingerprint density at radius 1 is 1.21 bits per heavy atom. The normalized spacial score (nSPS) is 21.4. The molecule has 2 aromatic heterocycles. The molecule has 28 heavy (non-hydrogen) atoms. The standard InChI is InChI=1S/C20H27N5O2S/c1-22-18(26)17-16(21)13-5-6-14(23-19(13)28-17)15-4-3-9-25(15)20(27)12-7-10-24(2)11-8-12/h5-6,12,15H,3-4,7-11,21H2,1-2H3,(H,22,26)/t15-/m1/s1. The molecule has 8 heteroatoms. The average molecular weight is 402 g/mol. The van der Waals surface area contributed by atoms with Crippen molar-refractivity contribution in [2.24, 2.45) is 5.92 Å². The fourth-order valence-corrected chi connectivity index (χ4v) is 5.35. The molecule has 0 radical (unpaired) electrons. The van der Waals surface area contributed by atoms with Gasteiger partial charge in [-0.25, -0.2) is 4.98 Å². The lowest BCUT2D eigenvalue weighted by Crippen LogP contribution is -2.41. The number of carbonyl (C=O) groups excluding carboxylic acids is 2. The van der Waals surface area contributed by atoms with Crippen molar-refractivity contribution in [3.05, 3.63) is 22.7 Å². The fraction of sp³-hybridized carbons (Fsp3) is 0.550. The molecule has 2 aliphatic rings. The van der Waals surface area contributed by atoms with Gasteiger partial charge in [0.2, 0.25) is 5.91 Å². The van der Waals surface area contributed by atoms with E-state index in [1.165, 1.54) is 11.3 Å². The maximum atomic E-state index is 13.2. The lowest BCUT2D eigenvalue weighted by atomic mass is 9.95. The topological polar surface area (TPSA) is 91.6 Å². The Morgan fingerprint density at radius 2 is 1.96 bits per heavy atom. The fourth-order valence-electron chi connectivity index (χ4n) is 4.31. The van der Waals surface area contributed by atoms with Gasteiger partial charge in [-0.05, 0) is 58.0 Å². The monoisotopic (exact) mass is 401 g/mol. The predicted molar refractivity (Wildman–Crippen MR) is 111 cm³/mol. The minimum Gasteiger partial charge on any atom is -0.397 e. The minimum absolute atomic E-state index is 0.0170. The van der Waals surface area contributed by atoms with E-state index in [2.05, 4.69) is 17.3 Å². The maximum absolute atomic E-state index is 13.2. The highest BCUT2D eigenvalue weighted by Crippen LogP contribution is 2.37. The maximum Gasteiger partial charge on any atom is 0.263 e. The third-order valence-corrected chi connectivity index (χ3v) is 7.11. The van der Waals surface area contributed by atoms with Gasteiger partial charge in [-0.3, -0.25) is 9.59 Å². The number of amides is 2. The SMILES string of the molecule is CNC(=O)c1sc2nc([C@H]3CCCN3C(=O)C3CCN(C)CC3)ccc2c1N. The molecule has 0 bridgehead atoms. The van der Waals surface area contributed by atoms with Crippen molar-refractivity contribution < 1.29 is 9.59 Å². The van der Waals surface area contributed by atoms with Crippen LogP contribution in [0.2, 0.25) is 0 Å². The second kappa shape index (κ2) is 7.67. The van der Waals surface area contributed by atoms with Crippen molar-refractivity contribution in [2.45, 2.75) is 31.7 Å². The summed E-state index contributed by atoms with van der Waals surface area (Å²) < 4.78 is 0. The first-order valence-electron chi connectivity index (χ1n) is 9.89. The molecule has 2 fully saturated rings. The van der Waals surface area contributed by atoms with Crippen molar-refractivity contribution >= 4 is 39.1 Å². The van der Waals surface area contributed by atoms with E-state index in [9.17, 15) is 9.59 Å². The van der Waals surface area contributed by atoms with E-state index < -0.39 is 0 Å². The van der Waals surface area contributed by atoms with Gasteiger partial charge in [0.25, 0.3) is 5.91 Å². The van der Waals surface area contributed by atoms with E-state index in [1.54, 1.807) is 7.05 Å². The lowest BCUT2D eigenvalue weighted by Gasteiger charge is -2.33. The van der Waals surface area contributed by atoms with Gasteiger partial charge in [0.15, 0.2) is 0 Å². The van der Waals surface area contributed by atoms with Gasteiger partial charge >= 0.3 is 0 Å². The third-order valence-electron chi connectivity index (χ3n) is 5.99. The van der Waals surface area contributed by atoms with Crippen LogP contribution in [0.4, 0.5) is 5.69 Å². The largest absolute Gasteiger partial charge is 0.397 e. The summed E-state index contributed by atoms with van der Waals surface area (Å²) in [6.07, 6.45) is 3.79. The zero-order valence-electron chi connectivity index (χ0n) is 16.4. The van der Waals surface area contributed by atoms with Crippen LogP contribution in [0, 0.1) is 5.92 Å². The number of nitrogens with zero attached hydrogens (tertiary/aromatic N) is 3. The Morgan fingerprint density at radius 3 is 2.68 bits per heavy atom. The number of aromatic nitrogens is 1. The van der Waals surface area contributed by atoms with Crippen LogP contribution in [-0.4, -0.2) is 60.3 Å². The lowest BCUT2D eigenvalue weighted by molar-refractivity contribution is -0.138. The molecule has 0 aromatic carbocycles. The molecule has 0 saturated carbocycles. The predicted octanol–water partition coefficient (Wildman–Crippen LogP) is 2.24. The van der Waals surface area contributed by atoms with Crippen LogP contribution in [0.15, 0.2) is 12.1 Å². The van der Waals surface area contributed by atoms with Crippen LogP contribution in [0.25, 0.3) is 10.2 Å². The first-order chi connectivity index (χ1) is 13.5. The number of anilines is 1. The van der Waals surface area contributed by atoms with E-state index in [1.807, 2.05) is 17.0 Å². The van der Waals surface area contributed by atoms with Gasteiger partial charge < -0.3 is 20.9 Å². The molecule has 2 aromatic rings. The third kappa shape index (κ3) is 3.35. The van der Waals surface area contributed by atoms with Gasteiger partial charge in [0, 0.05) is 24.9 Å². The molecule has 0 aliphatic carbocycles. The van der Waals surface area contributed by atoms with Crippen LogP contribution < -0.4 is 11.1 Å². The summed E-state index contributed by atoms with van der Waals surface area (Å²) in [6, 6.07) is 3.92. The van der Waals surface area contributed by atoms with E-state index in [4.69, 9.17) is 10.7 Å². The van der Waals surface area contributed by atoms with Crippen LogP contribution >= 0.6 is 11.3 Å². The Hall–Kier alpha value is -2.19. The van der Waals surface area contributed by atoms with Crippen molar-refractivity contribution in [3.63, 3.8) is 0 Å². The number of piperidine rings is 1. The highest BCUT2D eigenvalue weighted by molar-refractivity contribution is 7.21. The van der Waals surface area contributed by atoms with Crippen molar-refractivity contribution in [1.82, 2.24) is 20.1 Å². The number of thiophene rings is 1. The Balaban J connectivity index is 1.59. The Bertz CT molecular complexity index is 903. The second-order valence-electron chi connectivity index (χ2n) is 7.78. The van der Waals surface area contributed by atoms with Gasteiger partial charge in [-0.2, -0.15) is 0 Å². The number of pyridine rings is 1. The molecule has 0 spiro atoms. The molecule has 150 valence electrons. The zero-order valence-corrected chi connectivity index (χ0v) is 17.2. The summed E-state index contributed by atoms with van der Waals surface area (Å²) in [5.74, 6) is 0.203. The number of hydrogen-bond donors (Lipinski definition) is 2. The molecular weight excluding hydrogens is 374 g/mol. The molecule has 1 atom stereocenters. The summed E-state index contributed by atoms with van der Waals surface area (Å²) in [4.78, 5) is 35.5. The highest BCUT2D eigenvalue weighted by Gasteiger charge is 2.35. The van der Waals surface area contributed by atoms with Crippen molar-refractivity contribution in [2.75, 3.05) is 39.5 Å². The average Bonchev–Trinajstić information content (AvgIpc) is 3.32. The van der Waals surface area contributed by atoms with Gasteiger partial charge in [0.05, 0.1) is 17.4 Å². The second-order valence-corrected chi connectivity index (χ2v) is 8.78. The Kier molecular flexibility index (Phi) is 5.25. The number of carbonyl (C=O) groups is 2. The van der Waals surface area contributed by atoms with Gasteiger partial charge in [-0.1, -0.05) is 0 Å². The van der Waals surface area contributed by atoms with E-state index in [-0.39, 0.29) is 23.8 Å². The molecule has 4 heterocycles. The number of nitrogens with one attached hydrogen (secondary N) is 1. The molecule has 4 rings (SSSR count). The van der Waals surface area contributed by atoms with Crippen LogP contribution in [-0.2, 0) is 4.79 Å². The smallest absolute Gasteiger partial charge is 0.263 e. The van der Waals surface area contributed by atoms with Crippen molar-refractivity contribution in [3.8, 4) is 0 Å². The first kappa shape index (κ1) is 19.1. The zero-order chi connectivity index (χ0) is 19.8. The van der Waals surface area contributed by atoms with E-state index in [0.29, 0.717) is 10.6 Å². The number of nitrogen functional groups attached to an aromatic ring is 1. The summed E-state index contributed by atoms with van der Waals surface area (Å²) in [6.45, 7) is 2.76. The van der Waals surface area contributed by atoms with Gasteiger partial charge in [0.1, 0.15) is 9.71 Å². The van der Waals surface area contributed by atoms with Crippen molar-refractivity contribution in [1.29, 1.82) is 0 Å². The number of nitrogens with two attached hydrogens (primary N) is 1. The number of rotatable bonds is 3. The minimum atomic E-state index is -0.193. The summed E-state index contributed by atoms with van der Waals surface area (Å²) in [7, 11) is 3.70. The Labute approximate surface area is 168 Å². The summed E-state index contributed by atoms with van der Waals surface area (Å²) in [5, 5.41) is 3.43. The summed E-state index contributed by atoms with van der Waals surface area (Å²) >= 11 is 1.31. The number of hydrogen-bond acceptors (Lipinski definition) is 6. The van der Waals surface area contributed by atoms with Crippen LogP contribution in [0.1, 0.15) is 47.1 Å². The number of fused-ring (bicyclic) bond motifs is 1. The molecule has 0 unspecified atom stereocenters. The highest BCUT2D eigenvalue weighted by atomic mass is 32.1. The molecule has 2 saturated heterocycles. The summed E-state index contributed by atoms with van der Waals surface area (Å²) in [5.41, 5.74) is 7.52. The van der Waals surface area contributed by atoms with E-state index in [0.717, 1.165) is 61.2 Å². The number of likely N-dealkylation sites (tertiary alicyclic amines) is 2. The van der Waals surface area contributed by atoms with Crippen LogP contribution in [0.3, 0.4) is 0 Å². The van der Waals surface area contributed by atoms with E-state index >= 15 is 0 Å². The molecular formula is C20H27N5O2S.